The third-order valence-electron chi connectivity index (χ3n) is 2.71. The summed E-state index contributed by atoms with van der Waals surface area (Å²) in [6.45, 7) is 2.01. The van der Waals surface area contributed by atoms with Crippen molar-refractivity contribution in [2.45, 2.75) is 19.4 Å². The highest BCUT2D eigenvalue weighted by molar-refractivity contribution is 6.42. The SMILES string of the molecule is CC(ON1CCC(=O)NC1=O)c1ccc(Cl)c(Cl)c1. The molecule has 0 aliphatic carbocycles. The van der Waals surface area contributed by atoms with Crippen LogP contribution >= 0.6 is 23.2 Å². The van der Waals surface area contributed by atoms with E-state index in [0.717, 1.165) is 10.6 Å². The van der Waals surface area contributed by atoms with E-state index < -0.39 is 6.03 Å². The van der Waals surface area contributed by atoms with Crippen molar-refractivity contribution in [1.29, 1.82) is 0 Å². The lowest BCUT2D eigenvalue weighted by atomic mass is 10.1. The molecule has 19 heavy (non-hydrogen) atoms. The number of urea groups is 1. The summed E-state index contributed by atoms with van der Waals surface area (Å²) in [6, 6.07) is 4.56. The van der Waals surface area contributed by atoms with Gasteiger partial charge in [-0.1, -0.05) is 29.3 Å². The zero-order valence-electron chi connectivity index (χ0n) is 10.2. The lowest BCUT2D eigenvalue weighted by Crippen LogP contribution is -2.49. The van der Waals surface area contributed by atoms with Crippen LogP contribution in [0, 0.1) is 0 Å². The summed E-state index contributed by atoms with van der Waals surface area (Å²) in [5, 5.41) is 4.20. The molecule has 1 atom stereocenters. The zero-order valence-corrected chi connectivity index (χ0v) is 11.7. The second kappa shape index (κ2) is 5.77. The molecule has 0 bridgehead atoms. The third kappa shape index (κ3) is 3.37. The smallest absolute Gasteiger partial charge is 0.276 e. The molecular weight excluding hydrogens is 291 g/mol. The van der Waals surface area contributed by atoms with Crippen LogP contribution in [0.5, 0.6) is 0 Å². The van der Waals surface area contributed by atoms with Crippen LogP contribution < -0.4 is 5.32 Å². The molecule has 1 saturated heterocycles. The number of nitrogens with one attached hydrogen (secondary N) is 1. The molecule has 1 fully saturated rings. The monoisotopic (exact) mass is 302 g/mol. The molecule has 1 aromatic carbocycles. The molecule has 0 aromatic heterocycles. The third-order valence-corrected chi connectivity index (χ3v) is 3.45. The Labute approximate surface area is 120 Å². The number of hydroxylamine groups is 2. The van der Waals surface area contributed by atoms with Crippen molar-refractivity contribution in [3.8, 4) is 0 Å². The van der Waals surface area contributed by atoms with E-state index in [-0.39, 0.29) is 25.0 Å². The number of halogens is 2. The molecule has 1 aromatic rings. The fourth-order valence-electron chi connectivity index (χ4n) is 1.67. The normalized spacial score (nSPS) is 17.3. The van der Waals surface area contributed by atoms with Gasteiger partial charge in [0.1, 0.15) is 6.10 Å². The lowest BCUT2D eigenvalue weighted by molar-refractivity contribution is -0.166. The van der Waals surface area contributed by atoms with Crippen LogP contribution in [0.3, 0.4) is 0 Å². The Morgan fingerprint density at radius 1 is 1.32 bits per heavy atom. The van der Waals surface area contributed by atoms with Crippen LogP contribution in [0.25, 0.3) is 0 Å². The Morgan fingerprint density at radius 3 is 2.68 bits per heavy atom. The standard InChI is InChI=1S/C12H12Cl2N2O3/c1-7(8-2-3-9(13)10(14)6-8)19-16-5-4-11(17)15-12(16)18/h2-3,6-7H,4-5H2,1H3,(H,15,17,18). The molecule has 7 heteroatoms. The Kier molecular flexibility index (Phi) is 4.29. The predicted molar refractivity (Wildman–Crippen MR) is 70.8 cm³/mol. The molecule has 0 saturated carbocycles. The second-order valence-corrected chi connectivity index (χ2v) is 4.94. The molecule has 3 amide bonds. The minimum atomic E-state index is -0.553. The molecule has 1 aliphatic rings. The quantitative estimate of drug-likeness (QED) is 0.934. The molecule has 102 valence electrons. The van der Waals surface area contributed by atoms with Gasteiger partial charge in [-0.3, -0.25) is 14.9 Å². The van der Waals surface area contributed by atoms with E-state index >= 15 is 0 Å². The summed E-state index contributed by atoms with van der Waals surface area (Å²) in [5.74, 6) is -0.299. The van der Waals surface area contributed by atoms with E-state index in [1.54, 1.807) is 25.1 Å². The fraction of sp³-hybridized carbons (Fsp3) is 0.333. The van der Waals surface area contributed by atoms with Gasteiger partial charge < -0.3 is 0 Å². The lowest BCUT2D eigenvalue weighted by Gasteiger charge is -2.28. The van der Waals surface area contributed by atoms with Gasteiger partial charge in [0, 0.05) is 6.42 Å². The summed E-state index contributed by atoms with van der Waals surface area (Å²) in [5.41, 5.74) is 0.791. The first kappa shape index (κ1) is 14.1. The van der Waals surface area contributed by atoms with Gasteiger partial charge in [-0.25, -0.2) is 9.86 Å². The Hall–Kier alpha value is -1.30. The maximum atomic E-state index is 11.5. The van der Waals surface area contributed by atoms with Gasteiger partial charge in [0.15, 0.2) is 0 Å². The van der Waals surface area contributed by atoms with Crippen molar-refractivity contribution in [3.63, 3.8) is 0 Å². The van der Waals surface area contributed by atoms with E-state index in [9.17, 15) is 9.59 Å². The van der Waals surface area contributed by atoms with Crippen molar-refractivity contribution in [1.82, 2.24) is 10.4 Å². The first-order valence-electron chi connectivity index (χ1n) is 5.70. The first-order valence-corrected chi connectivity index (χ1v) is 6.46. The van der Waals surface area contributed by atoms with Crippen molar-refractivity contribution in [2.75, 3.05) is 6.54 Å². The Bertz CT molecular complexity index is 522. The molecule has 2 rings (SSSR count). The molecule has 1 unspecified atom stereocenters. The highest BCUT2D eigenvalue weighted by atomic mass is 35.5. The molecule has 1 N–H and O–H groups in total. The maximum absolute atomic E-state index is 11.5. The second-order valence-electron chi connectivity index (χ2n) is 4.13. The van der Waals surface area contributed by atoms with Crippen LogP contribution in [-0.4, -0.2) is 23.5 Å². The van der Waals surface area contributed by atoms with Gasteiger partial charge in [0.2, 0.25) is 5.91 Å². The van der Waals surface area contributed by atoms with E-state index in [1.807, 2.05) is 0 Å². The van der Waals surface area contributed by atoms with E-state index in [0.29, 0.717) is 10.0 Å². The number of rotatable bonds is 3. The average molecular weight is 303 g/mol. The Balaban J connectivity index is 2.04. The highest BCUT2D eigenvalue weighted by Crippen LogP contribution is 2.27. The largest absolute Gasteiger partial charge is 0.347 e. The van der Waals surface area contributed by atoms with Crippen molar-refractivity contribution in [3.05, 3.63) is 33.8 Å². The summed E-state index contributed by atoms with van der Waals surface area (Å²) < 4.78 is 0. The van der Waals surface area contributed by atoms with Crippen LogP contribution in [0.2, 0.25) is 10.0 Å². The van der Waals surface area contributed by atoms with Gasteiger partial charge in [-0.2, -0.15) is 0 Å². The molecule has 0 spiro atoms. The number of nitrogens with zero attached hydrogens (tertiary/aromatic N) is 1. The van der Waals surface area contributed by atoms with Crippen molar-refractivity contribution in [2.24, 2.45) is 0 Å². The Morgan fingerprint density at radius 2 is 2.05 bits per heavy atom. The highest BCUT2D eigenvalue weighted by Gasteiger charge is 2.25. The molecular formula is C12H12Cl2N2O3. The molecule has 0 radical (unpaired) electrons. The van der Waals surface area contributed by atoms with Gasteiger partial charge in [0.05, 0.1) is 16.6 Å². The van der Waals surface area contributed by atoms with Gasteiger partial charge in [-0.05, 0) is 24.6 Å². The predicted octanol–water partition coefficient (Wildman–Crippen LogP) is 2.93. The number of carbonyl (C=O) groups excluding carboxylic acids is 2. The minimum Gasteiger partial charge on any atom is -0.276 e. The number of benzene rings is 1. The van der Waals surface area contributed by atoms with Crippen molar-refractivity contribution >= 4 is 35.1 Å². The number of carbonyl (C=O) groups is 2. The van der Waals surface area contributed by atoms with Crippen LogP contribution in [0.1, 0.15) is 25.0 Å². The molecule has 1 aliphatic heterocycles. The molecule has 1 heterocycles. The summed E-state index contributed by atoms with van der Waals surface area (Å²) >= 11 is 11.8. The van der Waals surface area contributed by atoms with E-state index in [1.165, 1.54) is 0 Å². The average Bonchev–Trinajstić information content (AvgIpc) is 2.36. The first-order chi connectivity index (χ1) is 8.97. The summed E-state index contributed by atoms with van der Waals surface area (Å²) in [4.78, 5) is 28.0. The number of hydrogen-bond donors (Lipinski definition) is 1. The molecule has 5 nitrogen and oxygen atoms in total. The number of hydrogen-bond acceptors (Lipinski definition) is 3. The summed E-state index contributed by atoms with van der Waals surface area (Å²) in [6.07, 6.45) is -0.159. The van der Waals surface area contributed by atoms with Crippen molar-refractivity contribution < 1.29 is 14.4 Å². The van der Waals surface area contributed by atoms with E-state index in [2.05, 4.69) is 5.32 Å². The zero-order chi connectivity index (χ0) is 14.0. The van der Waals surface area contributed by atoms with E-state index in [4.69, 9.17) is 28.0 Å². The summed E-state index contributed by atoms with van der Waals surface area (Å²) in [7, 11) is 0. The van der Waals surface area contributed by atoms with Gasteiger partial charge >= 0.3 is 6.03 Å². The number of amides is 3. The van der Waals surface area contributed by atoms with Crippen LogP contribution in [0.4, 0.5) is 4.79 Å². The minimum absolute atomic E-state index is 0.222. The van der Waals surface area contributed by atoms with Crippen LogP contribution in [0.15, 0.2) is 18.2 Å². The maximum Gasteiger partial charge on any atom is 0.347 e. The van der Waals surface area contributed by atoms with Crippen LogP contribution in [-0.2, 0) is 9.63 Å². The van der Waals surface area contributed by atoms with Gasteiger partial charge in [0.25, 0.3) is 0 Å². The fourth-order valence-corrected chi connectivity index (χ4v) is 1.97. The topological polar surface area (TPSA) is 58.6 Å². The number of imide groups is 1. The van der Waals surface area contributed by atoms with Gasteiger partial charge in [-0.15, -0.1) is 0 Å².